The molecule has 4 heteroatoms. The van der Waals surface area contributed by atoms with Crippen LogP contribution in [0, 0.1) is 5.92 Å². The summed E-state index contributed by atoms with van der Waals surface area (Å²) >= 11 is 3.45. The summed E-state index contributed by atoms with van der Waals surface area (Å²) in [7, 11) is 0. The van der Waals surface area contributed by atoms with Gasteiger partial charge in [-0.25, -0.2) is 0 Å². The first-order valence-corrected chi connectivity index (χ1v) is 7.46. The fourth-order valence-electron chi connectivity index (χ4n) is 2.26. The molecule has 1 fully saturated rings. The Morgan fingerprint density at radius 1 is 1.28 bits per heavy atom. The van der Waals surface area contributed by atoms with E-state index < -0.39 is 0 Å². The molecular formula is C14H22BrN3. The van der Waals surface area contributed by atoms with Crippen molar-refractivity contribution in [2.75, 3.05) is 44.6 Å². The highest BCUT2D eigenvalue weighted by Gasteiger charge is 2.12. The van der Waals surface area contributed by atoms with E-state index in [0.717, 1.165) is 24.1 Å². The fraction of sp³-hybridized carbons (Fsp3) is 0.571. The van der Waals surface area contributed by atoms with E-state index in [1.54, 1.807) is 0 Å². The number of hydrogen-bond donors (Lipinski definition) is 2. The van der Waals surface area contributed by atoms with E-state index in [2.05, 4.69) is 62.7 Å². The molecule has 0 radical (unpaired) electrons. The van der Waals surface area contributed by atoms with Crippen molar-refractivity contribution in [3.63, 3.8) is 0 Å². The Hall–Kier alpha value is -0.580. The third-order valence-corrected chi connectivity index (χ3v) is 3.81. The lowest BCUT2D eigenvalue weighted by Crippen LogP contribution is -2.45. The van der Waals surface area contributed by atoms with Gasteiger partial charge in [-0.15, -0.1) is 0 Å². The second kappa shape index (κ2) is 7.12. The molecule has 0 aromatic heterocycles. The van der Waals surface area contributed by atoms with Crippen molar-refractivity contribution in [1.82, 2.24) is 10.2 Å². The molecule has 0 spiro atoms. The van der Waals surface area contributed by atoms with Gasteiger partial charge in [-0.3, -0.25) is 0 Å². The lowest BCUT2D eigenvalue weighted by Gasteiger charge is -2.29. The van der Waals surface area contributed by atoms with E-state index in [1.165, 1.54) is 25.3 Å². The lowest BCUT2D eigenvalue weighted by molar-refractivity contribution is 0.215. The summed E-state index contributed by atoms with van der Waals surface area (Å²) in [6, 6.07) is 8.37. The highest BCUT2D eigenvalue weighted by Crippen LogP contribution is 2.14. The van der Waals surface area contributed by atoms with Crippen LogP contribution in [0.5, 0.6) is 0 Å². The molecule has 1 aliphatic heterocycles. The zero-order chi connectivity index (χ0) is 12.8. The molecule has 100 valence electrons. The Balaban J connectivity index is 1.70. The van der Waals surface area contributed by atoms with Gasteiger partial charge in [0.25, 0.3) is 0 Å². The van der Waals surface area contributed by atoms with Gasteiger partial charge in [0.1, 0.15) is 0 Å². The molecule has 3 nitrogen and oxygen atoms in total. The number of anilines is 1. The van der Waals surface area contributed by atoms with Crippen LogP contribution in [-0.4, -0.2) is 44.2 Å². The van der Waals surface area contributed by atoms with Gasteiger partial charge in [-0.05, 0) is 30.2 Å². The minimum absolute atomic E-state index is 0.673. The zero-order valence-electron chi connectivity index (χ0n) is 11.0. The molecule has 2 rings (SSSR count). The van der Waals surface area contributed by atoms with E-state index in [1.807, 2.05) is 0 Å². The third kappa shape index (κ3) is 4.59. The maximum absolute atomic E-state index is 3.50. The van der Waals surface area contributed by atoms with E-state index in [4.69, 9.17) is 0 Å². The molecule has 1 aromatic rings. The van der Waals surface area contributed by atoms with Crippen LogP contribution >= 0.6 is 15.9 Å². The standard InChI is InChI=1S/C14H22BrN3/c1-12(11-18-8-6-16-7-9-18)10-17-14-4-2-13(15)3-5-14/h2-5,12,16-17H,6-11H2,1H3. The minimum atomic E-state index is 0.673. The summed E-state index contributed by atoms with van der Waals surface area (Å²) in [6.07, 6.45) is 0. The quantitative estimate of drug-likeness (QED) is 0.874. The van der Waals surface area contributed by atoms with Gasteiger partial charge in [0.05, 0.1) is 0 Å². The predicted octanol–water partition coefficient (Wildman–Crippen LogP) is 2.40. The topological polar surface area (TPSA) is 27.3 Å². The Kier molecular flexibility index (Phi) is 5.47. The van der Waals surface area contributed by atoms with E-state index in [0.29, 0.717) is 5.92 Å². The third-order valence-electron chi connectivity index (χ3n) is 3.28. The van der Waals surface area contributed by atoms with Gasteiger partial charge in [0, 0.05) is 49.4 Å². The van der Waals surface area contributed by atoms with Gasteiger partial charge in [-0.2, -0.15) is 0 Å². The van der Waals surface area contributed by atoms with Crippen molar-refractivity contribution < 1.29 is 0 Å². The normalized spacial score (nSPS) is 18.6. The second-order valence-corrected chi connectivity index (χ2v) is 5.96. The van der Waals surface area contributed by atoms with Gasteiger partial charge in [0.15, 0.2) is 0 Å². The molecule has 1 unspecified atom stereocenters. The van der Waals surface area contributed by atoms with Crippen LogP contribution in [0.25, 0.3) is 0 Å². The first-order valence-electron chi connectivity index (χ1n) is 6.66. The van der Waals surface area contributed by atoms with E-state index >= 15 is 0 Å². The molecule has 0 saturated carbocycles. The van der Waals surface area contributed by atoms with Crippen molar-refractivity contribution in [3.05, 3.63) is 28.7 Å². The van der Waals surface area contributed by atoms with Crippen LogP contribution in [0.3, 0.4) is 0 Å². The van der Waals surface area contributed by atoms with Crippen molar-refractivity contribution in [2.24, 2.45) is 5.92 Å². The van der Waals surface area contributed by atoms with Gasteiger partial charge in [-0.1, -0.05) is 22.9 Å². The largest absolute Gasteiger partial charge is 0.385 e. The van der Waals surface area contributed by atoms with Gasteiger partial charge < -0.3 is 15.5 Å². The molecule has 1 saturated heterocycles. The van der Waals surface area contributed by atoms with Crippen molar-refractivity contribution in [3.8, 4) is 0 Å². The molecule has 1 aromatic carbocycles. The lowest BCUT2D eigenvalue weighted by atomic mass is 10.1. The molecule has 1 atom stereocenters. The summed E-state index contributed by atoms with van der Waals surface area (Å²) in [4.78, 5) is 2.55. The number of rotatable bonds is 5. The van der Waals surface area contributed by atoms with E-state index in [-0.39, 0.29) is 0 Å². The predicted molar refractivity (Wildman–Crippen MR) is 81.1 cm³/mol. The second-order valence-electron chi connectivity index (χ2n) is 5.04. The van der Waals surface area contributed by atoms with Crippen LogP contribution in [0.2, 0.25) is 0 Å². The molecular weight excluding hydrogens is 290 g/mol. The van der Waals surface area contributed by atoms with Crippen LogP contribution < -0.4 is 10.6 Å². The summed E-state index contributed by atoms with van der Waals surface area (Å²) < 4.78 is 1.13. The highest BCUT2D eigenvalue weighted by atomic mass is 79.9. The van der Waals surface area contributed by atoms with E-state index in [9.17, 15) is 0 Å². The molecule has 0 amide bonds. The maximum atomic E-state index is 3.50. The van der Waals surface area contributed by atoms with Gasteiger partial charge in [0.2, 0.25) is 0 Å². The van der Waals surface area contributed by atoms with Crippen molar-refractivity contribution in [1.29, 1.82) is 0 Å². The number of nitrogens with zero attached hydrogens (tertiary/aromatic N) is 1. The Labute approximate surface area is 118 Å². The van der Waals surface area contributed by atoms with Gasteiger partial charge >= 0.3 is 0 Å². The Bertz CT molecular complexity index is 347. The average molecular weight is 312 g/mol. The van der Waals surface area contributed by atoms with Crippen molar-refractivity contribution in [2.45, 2.75) is 6.92 Å². The van der Waals surface area contributed by atoms with Crippen LogP contribution in [-0.2, 0) is 0 Å². The number of benzene rings is 1. The first-order chi connectivity index (χ1) is 8.74. The molecule has 1 aliphatic rings. The first kappa shape index (κ1) is 13.8. The molecule has 2 N–H and O–H groups in total. The monoisotopic (exact) mass is 311 g/mol. The summed E-state index contributed by atoms with van der Waals surface area (Å²) in [5, 5.41) is 6.89. The summed E-state index contributed by atoms with van der Waals surface area (Å²) in [5.74, 6) is 0.673. The fourth-order valence-corrected chi connectivity index (χ4v) is 2.52. The SMILES string of the molecule is CC(CNc1ccc(Br)cc1)CN1CCNCC1. The molecule has 1 heterocycles. The molecule has 0 bridgehead atoms. The Morgan fingerprint density at radius 3 is 2.61 bits per heavy atom. The van der Waals surface area contributed by atoms with Crippen molar-refractivity contribution >= 4 is 21.6 Å². The van der Waals surface area contributed by atoms with Crippen LogP contribution in [0.15, 0.2) is 28.7 Å². The highest BCUT2D eigenvalue weighted by molar-refractivity contribution is 9.10. The minimum Gasteiger partial charge on any atom is -0.385 e. The maximum Gasteiger partial charge on any atom is 0.0341 e. The summed E-state index contributed by atoms with van der Waals surface area (Å²) in [6.45, 7) is 9.16. The number of nitrogens with one attached hydrogen (secondary N) is 2. The average Bonchev–Trinajstić information content (AvgIpc) is 2.39. The number of halogens is 1. The zero-order valence-corrected chi connectivity index (χ0v) is 12.5. The number of hydrogen-bond acceptors (Lipinski definition) is 3. The van der Waals surface area contributed by atoms with Crippen LogP contribution in [0.1, 0.15) is 6.92 Å². The summed E-state index contributed by atoms with van der Waals surface area (Å²) in [5.41, 5.74) is 1.20. The number of piperazine rings is 1. The molecule has 0 aliphatic carbocycles. The Morgan fingerprint density at radius 2 is 1.94 bits per heavy atom. The van der Waals surface area contributed by atoms with Crippen LogP contribution in [0.4, 0.5) is 5.69 Å². The smallest absolute Gasteiger partial charge is 0.0341 e. The molecule has 18 heavy (non-hydrogen) atoms.